The van der Waals surface area contributed by atoms with E-state index in [0.29, 0.717) is 10.8 Å². The van der Waals surface area contributed by atoms with Gasteiger partial charge < -0.3 is 10.2 Å². The molecular weight excluding hydrogens is 356 g/mol. The first-order chi connectivity index (χ1) is 12.8. The molecule has 3 nitrogen and oxygen atoms in total. The summed E-state index contributed by atoms with van der Waals surface area (Å²) in [6.07, 6.45) is 1.33. The van der Waals surface area contributed by atoms with Gasteiger partial charge in [-0.25, -0.2) is 4.79 Å². The number of hydrogen-bond donors (Lipinski definition) is 2. The molecule has 0 bridgehead atoms. The van der Waals surface area contributed by atoms with Gasteiger partial charge in [-0.2, -0.15) is 0 Å². The van der Waals surface area contributed by atoms with Crippen LogP contribution >= 0.6 is 11.8 Å². The first-order valence-corrected chi connectivity index (χ1v) is 10.0. The van der Waals surface area contributed by atoms with Gasteiger partial charge in [-0.15, -0.1) is 11.8 Å². The molecule has 1 aliphatic heterocycles. The maximum absolute atomic E-state index is 10.9. The molecule has 0 radical (unpaired) electrons. The summed E-state index contributed by atoms with van der Waals surface area (Å²) in [5.74, 6) is 4.93. The van der Waals surface area contributed by atoms with E-state index in [9.17, 15) is 9.90 Å². The smallest absolute Gasteiger partial charge is 0.335 e. The van der Waals surface area contributed by atoms with Crippen LogP contribution < -0.4 is 0 Å². The molecule has 0 aromatic heterocycles. The SMILES string of the molecule is CCC1CC(C)(C)c2c(cccc2C(O)C#Cc2ccc(C(=O)O)cc2)S1. The lowest BCUT2D eigenvalue weighted by molar-refractivity contribution is 0.0697. The summed E-state index contributed by atoms with van der Waals surface area (Å²) in [6, 6.07) is 12.5. The zero-order valence-electron chi connectivity index (χ0n) is 15.8. The van der Waals surface area contributed by atoms with Gasteiger partial charge in [0, 0.05) is 15.7 Å². The van der Waals surface area contributed by atoms with E-state index in [0.717, 1.165) is 18.4 Å². The molecule has 1 heterocycles. The molecule has 0 saturated heterocycles. The Bertz CT molecular complexity index is 903. The van der Waals surface area contributed by atoms with Crippen molar-refractivity contribution < 1.29 is 15.0 Å². The van der Waals surface area contributed by atoms with Crippen LogP contribution in [0.2, 0.25) is 0 Å². The highest BCUT2D eigenvalue weighted by molar-refractivity contribution is 8.00. The summed E-state index contributed by atoms with van der Waals surface area (Å²) in [4.78, 5) is 12.2. The standard InChI is InChI=1S/C23H24O3S/c1-4-17-14-23(2,3)21-18(6-5-7-20(21)27-17)19(24)13-10-15-8-11-16(12-9-15)22(25)26/h5-9,11-12,17,19,24H,4,14H2,1-3H3,(H,25,26). The highest BCUT2D eigenvalue weighted by Gasteiger charge is 2.35. The van der Waals surface area contributed by atoms with Crippen molar-refractivity contribution >= 4 is 17.7 Å². The lowest BCUT2D eigenvalue weighted by atomic mass is 9.76. The van der Waals surface area contributed by atoms with Crippen LogP contribution in [0.5, 0.6) is 0 Å². The fraction of sp³-hybridized carbons (Fsp3) is 0.348. The van der Waals surface area contributed by atoms with E-state index in [1.165, 1.54) is 22.6 Å². The number of aliphatic hydroxyl groups excluding tert-OH is 1. The molecule has 2 atom stereocenters. The molecule has 0 fully saturated rings. The van der Waals surface area contributed by atoms with Crippen LogP contribution in [0.1, 0.15) is 66.8 Å². The number of carboxylic acid groups (broad SMARTS) is 1. The van der Waals surface area contributed by atoms with Crippen molar-refractivity contribution in [1.29, 1.82) is 0 Å². The van der Waals surface area contributed by atoms with Gasteiger partial charge >= 0.3 is 5.97 Å². The van der Waals surface area contributed by atoms with Crippen LogP contribution in [0.3, 0.4) is 0 Å². The Balaban J connectivity index is 1.91. The number of fused-ring (bicyclic) bond motifs is 1. The van der Waals surface area contributed by atoms with Gasteiger partial charge in [0.05, 0.1) is 5.56 Å². The van der Waals surface area contributed by atoms with E-state index < -0.39 is 12.1 Å². The second kappa shape index (κ2) is 7.80. The molecule has 0 spiro atoms. The van der Waals surface area contributed by atoms with Crippen LogP contribution in [-0.2, 0) is 5.41 Å². The second-order valence-corrected chi connectivity index (χ2v) is 8.85. The Hall–Kier alpha value is -2.22. The lowest BCUT2D eigenvalue weighted by Crippen LogP contribution is -2.29. The number of carbonyl (C=O) groups is 1. The predicted octanol–water partition coefficient (Wildman–Crippen LogP) is 5.02. The monoisotopic (exact) mass is 380 g/mol. The molecule has 2 N–H and O–H groups in total. The minimum Gasteiger partial charge on any atom is -0.478 e. The van der Waals surface area contributed by atoms with E-state index in [4.69, 9.17) is 5.11 Å². The topological polar surface area (TPSA) is 57.5 Å². The molecule has 0 saturated carbocycles. The van der Waals surface area contributed by atoms with Crippen LogP contribution in [0.25, 0.3) is 0 Å². The molecule has 3 rings (SSSR count). The maximum Gasteiger partial charge on any atom is 0.335 e. The van der Waals surface area contributed by atoms with E-state index in [-0.39, 0.29) is 11.0 Å². The summed E-state index contributed by atoms with van der Waals surface area (Å²) < 4.78 is 0. The van der Waals surface area contributed by atoms with Crippen molar-refractivity contribution in [2.75, 3.05) is 0 Å². The van der Waals surface area contributed by atoms with Gasteiger partial charge in [-0.1, -0.05) is 44.7 Å². The molecule has 0 amide bonds. The van der Waals surface area contributed by atoms with Crippen molar-refractivity contribution in [3.8, 4) is 11.8 Å². The number of aromatic carboxylic acids is 1. The van der Waals surface area contributed by atoms with Gasteiger partial charge in [0.15, 0.2) is 0 Å². The summed E-state index contributed by atoms with van der Waals surface area (Å²) in [5, 5.41) is 20.3. The largest absolute Gasteiger partial charge is 0.478 e. The van der Waals surface area contributed by atoms with E-state index in [1.54, 1.807) is 12.1 Å². The van der Waals surface area contributed by atoms with Crippen molar-refractivity contribution in [1.82, 2.24) is 0 Å². The third-order valence-corrected chi connectivity index (χ3v) is 6.43. The molecule has 4 heteroatoms. The van der Waals surface area contributed by atoms with E-state index in [1.807, 2.05) is 23.9 Å². The summed E-state index contributed by atoms with van der Waals surface area (Å²) in [6.45, 7) is 6.70. The molecule has 140 valence electrons. The van der Waals surface area contributed by atoms with E-state index in [2.05, 4.69) is 38.7 Å². The number of benzene rings is 2. The lowest BCUT2D eigenvalue weighted by Gasteiger charge is -2.38. The van der Waals surface area contributed by atoms with Crippen molar-refractivity contribution in [2.24, 2.45) is 0 Å². The highest BCUT2D eigenvalue weighted by Crippen LogP contribution is 2.48. The Morgan fingerprint density at radius 3 is 2.59 bits per heavy atom. The fourth-order valence-electron chi connectivity index (χ4n) is 3.64. The normalized spacial score (nSPS) is 18.7. The Morgan fingerprint density at radius 1 is 1.26 bits per heavy atom. The minimum atomic E-state index is -0.962. The Morgan fingerprint density at radius 2 is 1.96 bits per heavy atom. The number of carboxylic acids is 1. The Labute approximate surface area is 164 Å². The van der Waals surface area contributed by atoms with Gasteiger partial charge in [0.1, 0.15) is 6.10 Å². The fourth-order valence-corrected chi connectivity index (χ4v) is 5.34. The number of aliphatic hydroxyl groups is 1. The molecular formula is C23H24O3S. The average Bonchev–Trinajstić information content (AvgIpc) is 2.65. The van der Waals surface area contributed by atoms with Crippen molar-refractivity contribution in [3.05, 3.63) is 64.7 Å². The maximum atomic E-state index is 10.9. The van der Waals surface area contributed by atoms with Crippen LogP contribution in [0.15, 0.2) is 47.4 Å². The number of thioether (sulfide) groups is 1. The summed E-state index contributed by atoms with van der Waals surface area (Å²) in [5.41, 5.74) is 2.96. The molecule has 2 aromatic rings. The molecule has 2 aromatic carbocycles. The third kappa shape index (κ3) is 4.21. The Kier molecular flexibility index (Phi) is 5.64. The van der Waals surface area contributed by atoms with Crippen molar-refractivity contribution in [3.63, 3.8) is 0 Å². The molecule has 27 heavy (non-hydrogen) atoms. The van der Waals surface area contributed by atoms with Crippen molar-refractivity contribution in [2.45, 2.75) is 55.3 Å². The molecule has 2 unspecified atom stereocenters. The number of hydrogen-bond acceptors (Lipinski definition) is 3. The first-order valence-electron chi connectivity index (χ1n) is 9.15. The summed E-state index contributed by atoms with van der Waals surface area (Å²) >= 11 is 1.89. The molecule has 0 aliphatic carbocycles. The van der Waals surface area contributed by atoms with Crippen LogP contribution in [-0.4, -0.2) is 21.4 Å². The predicted molar refractivity (Wildman–Crippen MR) is 109 cm³/mol. The van der Waals surface area contributed by atoms with Gasteiger partial charge in [-0.05, 0) is 59.7 Å². The van der Waals surface area contributed by atoms with Crippen LogP contribution in [0, 0.1) is 11.8 Å². The zero-order chi connectivity index (χ0) is 19.6. The zero-order valence-corrected chi connectivity index (χ0v) is 16.6. The van der Waals surface area contributed by atoms with E-state index >= 15 is 0 Å². The van der Waals surface area contributed by atoms with Crippen LogP contribution in [0.4, 0.5) is 0 Å². The van der Waals surface area contributed by atoms with Gasteiger partial charge in [-0.3, -0.25) is 0 Å². The quantitative estimate of drug-likeness (QED) is 0.734. The minimum absolute atomic E-state index is 0.0103. The van der Waals surface area contributed by atoms with Gasteiger partial charge in [0.25, 0.3) is 0 Å². The second-order valence-electron chi connectivity index (χ2n) is 7.51. The highest BCUT2D eigenvalue weighted by atomic mass is 32.2. The summed E-state index contributed by atoms with van der Waals surface area (Å²) in [7, 11) is 0. The molecule has 1 aliphatic rings. The third-order valence-electron chi connectivity index (χ3n) is 5.00. The van der Waals surface area contributed by atoms with Gasteiger partial charge in [0.2, 0.25) is 0 Å². The number of rotatable bonds is 3. The first kappa shape index (κ1) is 19.5. The average molecular weight is 381 g/mol.